The number of rotatable bonds is 5. The second kappa shape index (κ2) is 6.70. The Morgan fingerprint density at radius 1 is 1.15 bits per heavy atom. The van der Waals surface area contributed by atoms with Crippen LogP contribution in [0.1, 0.15) is 30.8 Å². The van der Waals surface area contributed by atoms with Crippen LogP contribution in [0.15, 0.2) is 48.7 Å². The molecule has 1 heterocycles. The van der Waals surface area contributed by atoms with Gasteiger partial charge in [0.1, 0.15) is 5.69 Å². The predicted octanol–water partition coefficient (Wildman–Crippen LogP) is 3.54. The van der Waals surface area contributed by atoms with Gasteiger partial charge < -0.3 is 10.6 Å². The molecule has 0 saturated heterocycles. The first kappa shape index (κ1) is 14.1. The number of nitrogens with zero attached hydrogens (tertiary/aromatic N) is 1. The third-order valence-corrected chi connectivity index (χ3v) is 3.05. The highest BCUT2D eigenvalue weighted by atomic mass is 16.1. The van der Waals surface area contributed by atoms with E-state index in [4.69, 9.17) is 0 Å². The molecule has 0 spiro atoms. The van der Waals surface area contributed by atoms with Crippen molar-refractivity contribution in [3.8, 4) is 0 Å². The highest BCUT2D eigenvalue weighted by molar-refractivity contribution is 6.02. The maximum Gasteiger partial charge on any atom is 0.274 e. The lowest BCUT2D eigenvalue weighted by Crippen LogP contribution is -2.15. The molecule has 1 unspecified atom stereocenters. The van der Waals surface area contributed by atoms with Crippen molar-refractivity contribution in [2.45, 2.75) is 26.3 Å². The standard InChI is InChI=1S/C16H19N3O/c1-3-12(2)18-14-9-10-15(17-11-14)16(20)19-13-7-5-4-6-8-13/h4-12,18H,3H2,1-2H3,(H,19,20). The third-order valence-electron chi connectivity index (χ3n) is 3.05. The Bertz CT molecular complexity index is 552. The molecule has 2 rings (SSSR count). The van der Waals surface area contributed by atoms with Crippen molar-refractivity contribution >= 4 is 17.3 Å². The maximum absolute atomic E-state index is 12.0. The SMILES string of the molecule is CCC(C)Nc1ccc(C(=O)Nc2ccccc2)nc1. The van der Waals surface area contributed by atoms with Crippen molar-refractivity contribution in [2.75, 3.05) is 10.6 Å². The highest BCUT2D eigenvalue weighted by Crippen LogP contribution is 2.11. The summed E-state index contributed by atoms with van der Waals surface area (Å²) >= 11 is 0. The number of anilines is 2. The Hall–Kier alpha value is -2.36. The van der Waals surface area contributed by atoms with Crippen LogP contribution >= 0.6 is 0 Å². The summed E-state index contributed by atoms with van der Waals surface area (Å²) in [7, 11) is 0. The lowest BCUT2D eigenvalue weighted by Gasteiger charge is -2.12. The van der Waals surface area contributed by atoms with Gasteiger partial charge in [-0.15, -0.1) is 0 Å². The van der Waals surface area contributed by atoms with Gasteiger partial charge in [0.05, 0.1) is 11.9 Å². The van der Waals surface area contributed by atoms with E-state index in [1.165, 1.54) is 0 Å². The first-order valence-corrected chi connectivity index (χ1v) is 6.78. The number of aromatic nitrogens is 1. The highest BCUT2D eigenvalue weighted by Gasteiger charge is 2.07. The molecule has 2 aromatic rings. The van der Waals surface area contributed by atoms with Crippen molar-refractivity contribution in [1.29, 1.82) is 0 Å². The van der Waals surface area contributed by atoms with Crippen LogP contribution in [0.2, 0.25) is 0 Å². The molecule has 0 fully saturated rings. The fourth-order valence-corrected chi connectivity index (χ4v) is 1.72. The summed E-state index contributed by atoms with van der Waals surface area (Å²) in [6.45, 7) is 4.22. The van der Waals surface area contributed by atoms with Crippen LogP contribution in [0.5, 0.6) is 0 Å². The number of hydrogen-bond acceptors (Lipinski definition) is 3. The summed E-state index contributed by atoms with van der Waals surface area (Å²) in [5, 5.41) is 6.12. The van der Waals surface area contributed by atoms with Crippen LogP contribution in [0, 0.1) is 0 Å². The van der Waals surface area contributed by atoms with Crippen molar-refractivity contribution in [2.24, 2.45) is 0 Å². The largest absolute Gasteiger partial charge is 0.381 e. The molecule has 1 aromatic heterocycles. The van der Waals surface area contributed by atoms with Gasteiger partial charge in [-0.1, -0.05) is 25.1 Å². The monoisotopic (exact) mass is 269 g/mol. The van der Waals surface area contributed by atoms with Gasteiger partial charge >= 0.3 is 0 Å². The number of carbonyl (C=O) groups excluding carboxylic acids is 1. The van der Waals surface area contributed by atoms with Gasteiger partial charge in [0.2, 0.25) is 0 Å². The van der Waals surface area contributed by atoms with E-state index in [-0.39, 0.29) is 5.91 Å². The molecular weight excluding hydrogens is 250 g/mol. The second-order valence-corrected chi connectivity index (χ2v) is 4.71. The van der Waals surface area contributed by atoms with E-state index < -0.39 is 0 Å². The second-order valence-electron chi connectivity index (χ2n) is 4.71. The third kappa shape index (κ3) is 3.82. The van der Waals surface area contributed by atoms with E-state index in [0.29, 0.717) is 11.7 Å². The molecule has 1 aromatic carbocycles. The van der Waals surface area contributed by atoms with Gasteiger partial charge in [0.25, 0.3) is 5.91 Å². The number of carbonyl (C=O) groups is 1. The van der Waals surface area contributed by atoms with Gasteiger partial charge in [-0.2, -0.15) is 0 Å². The van der Waals surface area contributed by atoms with E-state index in [1.807, 2.05) is 36.4 Å². The molecule has 1 atom stereocenters. The minimum Gasteiger partial charge on any atom is -0.381 e. The molecule has 0 aliphatic rings. The molecule has 2 N–H and O–H groups in total. The Morgan fingerprint density at radius 3 is 2.50 bits per heavy atom. The molecular formula is C16H19N3O. The first-order chi connectivity index (χ1) is 9.69. The summed E-state index contributed by atoms with van der Waals surface area (Å²) < 4.78 is 0. The number of nitrogens with one attached hydrogen (secondary N) is 2. The Morgan fingerprint density at radius 2 is 1.90 bits per heavy atom. The van der Waals surface area contributed by atoms with Crippen LogP contribution in [-0.2, 0) is 0 Å². The molecule has 0 saturated carbocycles. The molecule has 0 aliphatic carbocycles. The zero-order valence-corrected chi connectivity index (χ0v) is 11.8. The van der Waals surface area contributed by atoms with E-state index >= 15 is 0 Å². The number of benzene rings is 1. The summed E-state index contributed by atoms with van der Waals surface area (Å²) in [5.41, 5.74) is 2.10. The van der Waals surface area contributed by atoms with E-state index in [1.54, 1.807) is 12.3 Å². The summed E-state index contributed by atoms with van der Waals surface area (Å²) in [6.07, 6.45) is 2.72. The fourth-order valence-electron chi connectivity index (χ4n) is 1.72. The van der Waals surface area contributed by atoms with Crippen molar-refractivity contribution in [1.82, 2.24) is 4.98 Å². The lowest BCUT2D eigenvalue weighted by atomic mass is 10.2. The van der Waals surface area contributed by atoms with Crippen LogP contribution in [0.25, 0.3) is 0 Å². The van der Waals surface area contributed by atoms with Gasteiger partial charge in [-0.25, -0.2) is 4.98 Å². The minimum absolute atomic E-state index is 0.203. The average Bonchev–Trinajstić information content (AvgIpc) is 2.49. The quantitative estimate of drug-likeness (QED) is 0.872. The zero-order valence-electron chi connectivity index (χ0n) is 11.8. The number of hydrogen-bond donors (Lipinski definition) is 2. The molecule has 20 heavy (non-hydrogen) atoms. The van der Waals surface area contributed by atoms with E-state index in [2.05, 4.69) is 29.5 Å². The maximum atomic E-state index is 12.0. The summed E-state index contributed by atoms with van der Waals surface area (Å²) in [5.74, 6) is -0.203. The van der Waals surface area contributed by atoms with Crippen LogP contribution < -0.4 is 10.6 Å². The molecule has 4 nitrogen and oxygen atoms in total. The topological polar surface area (TPSA) is 54.0 Å². The van der Waals surface area contributed by atoms with Crippen LogP contribution in [0.4, 0.5) is 11.4 Å². The zero-order chi connectivity index (χ0) is 14.4. The average molecular weight is 269 g/mol. The lowest BCUT2D eigenvalue weighted by molar-refractivity contribution is 0.102. The van der Waals surface area contributed by atoms with Crippen LogP contribution in [-0.4, -0.2) is 16.9 Å². The molecule has 0 radical (unpaired) electrons. The Kier molecular flexibility index (Phi) is 4.71. The normalized spacial score (nSPS) is 11.7. The van der Waals surface area contributed by atoms with Gasteiger partial charge in [0, 0.05) is 11.7 Å². The van der Waals surface area contributed by atoms with Crippen molar-refractivity contribution in [3.05, 3.63) is 54.4 Å². The molecule has 0 bridgehead atoms. The molecule has 1 amide bonds. The number of pyridine rings is 1. The van der Waals surface area contributed by atoms with Gasteiger partial charge in [-0.3, -0.25) is 4.79 Å². The fraction of sp³-hybridized carbons (Fsp3) is 0.250. The first-order valence-electron chi connectivity index (χ1n) is 6.78. The minimum atomic E-state index is -0.203. The van der Waals surface area contributed by atoms with Crippen molar-refractivity contribution in [3.63, 3.8) is 0 Å². The molecule has 104 valence electrons. The predicted molar refractivity (Wildman–Crippen MR) is 82.0 cm³/mol. The molecule has 0 aliphatic heterocycles. The Balaban J connectivity index is 2.01. The van der Waals surface area contributed by atoms with Gasteiger partial charge in [-0.05, 0) is 37.6 Å². The van der Waals surface area contributed by atoms with Crippen molar-refractivity contribution < 1.29 is 4.79 Å². The Labute approximate surface area is 119 Å². The van der Waals surface area contributed by atoms with Crippen LogP contribution in [0.3, 0.4) is 0 Å². The molecule has 4 heteroatoms. The van der Waals surface area contributed by atoms with E-state index in [9.17, 15) is 4.79 Å². The number of amides is 1. The van der Waals surface area contributed by atoms with Gasteiger partial charge in [0.15, 0.2) is 0 Å². The van der Waals surface area contributed by atoms with E-state index in [0.717, 1.165) is 17.8 Å². The summed E-state index contributed by atoms with van der Waals surface area (Å²) in [4.78, 5) is 16.2. The smallest absolute Gasteiger partial charge is 0.274 e. The number of para-hydroxylation sites is 1. The summed E-state index contributed by atoms with van der Waals surface area (Å²) in [6, 6.07) is 13.3.